The number of halogens is 4. The highest BCUT2D eigenvalue weighted by atomic mass is 35.5. The SMILES string of the molecule is CCS(=O)(=O)c1ccc(Cl)cc1CNC(=O)c1ccc(CN2CCC[C@@H](CCC(=O)OC(C)(C)C)C2)c(C(F)(F)F)c1. The van der Waals surface area contributed by atoms with Gasteiger partial charge in [0.25, 0.3) is 5.91 Å². The van der Waals surface area contributed by atoms with Crippen LogP contribution in [0.1, 0.15) is 80.4 Å². The van der Waals surface area contributed by atoms with E-state index < -0.39 is 33.1 Å². The summed E-state index contributed by atoms with van der Waals surface area (Å²) in [6, 6.07) is 7.67. The quantitative estimate of drug-likeness (QED) is 0.305. The molecule has 1 heterocycles. The number of carbonyl (C=O) groups excluding carboxylic acids is 2. The number of amides is 1. The van der Waals surface area contributed by atoms with E-state index in [1.54, 1.807) is 20.8 Å². The highest BCUT2D eigenvalue weighted by Crippen LogP contribution is 2.34. The predicted octanol–water partition coefficient (Wildman–Crippen LogP) is 6.42. The van der Waals surface area contributed by atoms with Crippen molar-refractivity contribution in [3.05, 3.63) is 63.7 Å². The van der Waals surface area contributed by atoms with E-state index in [2.05, 4.69) is 5.32 Å². The fraction of sp³-hybridized carbons (Fsp3) is 0.533. The smallest absolute Gasteiger partial charge is 0.416 e. The van der Waals surface area contributed by atoms with E-state index in [1.807, 2.05) is 4.90 Å². The molecule has 0 spiro atoms. The number of benzene rings is 2. The summed E-state index contributed by atoms with van der Waals surface area (Å²) in [7, 11) is -3.61. The van der Waals surface area contributed by atoms with E-state index in [0.29, 0.717) is 19.5 Å². The molecule has 2 aromatic carbocycles. The average molecular weight is 631 g/mol. The molecular formula is C30H38ClF3N2O5S. The van der Waals surface area contributed by atoms with Gasteiger partial charge in [0.1, 0.15) is 5.60 Å². The predicted molar refractivity (Wildman–Crippen MR) is 155 cm³/mol. The minimum atomic E-state index is -4.69. The lowest BCUT2D eigenvalue weighted by atomic mass is 9.92. The number of sulfone groups is 1. The highest BCUT2D eigenvalue weighted by molar-refractivity contribution is 7.91. The van der Waals surface area contributed by atoms with E-state index in [9.17, 15) is 31.2 Å². The molecule has 1 amide bonds. The number of likely N-dealkylation sites (tertiary alicyclic amines) is 1. The Balaban J connectivity index is 1.71. The zero-order chi connectivity index (χ0) is 31.3. The standard InChI is InChI=1S/C30H38ClF3N2O5S/c1-5-42(39,40)26-12-11-24(31)15-23(26)17-35-28(38)21-9-10-22(25(16-21)30(32,33)34)19-36-14-6-7-20(18-36)8-13-27(37)41-29(2,3)4/h9-12,15-16,20H,5-8,13-14,17-19H2,1-4H3,(H,35,38)/t20-/m0/s1. The lowest BCUT2D eigenvalue weighted by Gasteiger charge is -2.33. The largest absolute Gasteiger partial charge is 0.460 e. The number of nitrogens with zero attached hydrogens (tertiary/aromatic N) is 1. The molecule has 1 atom stereocenters. The molecule has 0 saturated carbocycles. The summed E-state index contributed by atoms with van der Waals surface area (Å²) in [6.45, 7) is 7.91. The van der Waals surface area contributed by atoms with Gasteiger partial charge in [-0.2, -0.15) is 13.2 Å². The lowest BCUT2D eigenvalue weighted by Crippen LogP contribution is -2.36. The zero-order valence-electron chi connectivity index (χ0n) is 24.3. The van der Waals surface area contributed by atoms with Crippen LogP contribution in [0, 0.1) is 5.92 Å². The van der Waals surface area contributed by atoms with Crippen LogP contribution in [0.2, 0.25) is 5.02 Å². The summed E-state index contributed by atoms with van der Waals surface area (Å²) in [5, 5.41) is 2.79. The fourth-order valence-corrected chi connectivity index (χ4v) is 6.34. The van der Waals surface area contributed by atoms with Crippen LogP contribution in [-0.4, -0.2) is 49.6 Å². The normalized spacial score (nSPS) is 16.7. The van der Waals surface area contributed by atoms with Crippen molar-refractivity contribution >= 4 is 33.3 Å². The maximum atomic E-state index is 14.1. The maximum Gasteiger partial charge on any atom is 0.416 e. The van der Waals surface area contributed by atoms with Gasteiger partial charge in [0, 0.05) is 36.6 Å². The molecule has 232 valence electrons. The number of hydrogen-bond acceptors (Lipinski definition) is 6. The monoisotopic (exact) mass is 630 g/mol. The summed E-state index contributed by atoms with van der Waals surface area (Å²) in [5.74, 6) is -1.05. The molecular weight excluding hydrogens is 593 g/mol. The minimum absolute atomic E-state index is 0.00644. The van der Waals surface area contributed by atoms with Crippen molar-refractivity contribution in [2.24, 2.45) is 5.92 Å². The van der Waals surface area contributed by atoms with Crippen LogP contribution in [0.4, 0.5) is 13.2 Å². The van der Waals surface area contributed by atoms with Gasteiger partial charge in [-0.25, -0.2) is 8.42 Å². The number of esters is 1. The number of carbonyl (C=O) groups is 2. The fourth-order valence-electron chi connectivity index (χ4n) is 5.03. The Kier molecular flexibility index (Phi) is 11.1. The van der Waals surface area contributed by atoms with Crippen molar-refractivity contribution in [1.82, 2.24) is 10.2 Å². The average Bonchev–Trinajstić information content (AvgIpc) is 2.89. The van der Waals surface area contributed by atoms with Crippen molar-refractivity contribution in [3.63, 3.8) is 0 Å². The molecule has 2 aromatic rings. The third-order valence-corrected chi connectivity index (χ3v) is 9.09. The van der Waals surface area contributed by atoms with Gasteiger partial charge in [-0.3, -0.25) is 14.5 Å². The Bertz CT molecular complexity index is 1390. The second-order valence-electron chi connectivity index (χ2n) is 11.6. The number of ether oxygens (including phenoxy) is 1. The molecule has 12 heteroatoms. The van der Waals surface area contributed by atoms with Gasteiger partial charge < -0.3 is 10.1 Å². The molecule has 7 nitrogen and oxygen atoms in total. The van der Waals surface area contributed by atoms with Crippen LogP contribution in [0.25, 0.3) is 0 Å². The molecule has 1 saturated heterocycles. The Morgan fingerprint density at radius 3 is 2.45 bits per heavy atom. The van der Waals surface area contributed by atoms with Crippen LogP contribution in [0.5, 0.6) is 0 Å². The molecule has 0 unspecified atom stereocenters. The molecule has 0 bridgehead atoms. The summed E-state index contributed by atoms with van der Waals surface area (Å²) in [6.07, 6.45) is -2.13. The molecule has 0 aromatic heterocycles. The van der Waals surface area contributed by atoms with E-state index in [-0.39, 0.29) is 63.8 Å². The summed E-state index contributed by atoms with van der Waals surface area (Å²) >= 11 is 6.02. The van der Waals surface area contributed by atoms with E-state index in [4.69, 9.17) is 16.3 Å². The Morgan fingerprint density at radius 2 is 1.81 bits per heavy atom. The molecule has 42 heavy (non-hydrogen) atoms. The Labute approximate surface area is 250 Å². The van der Waals surface area contributed by atoms with Crippen LogP contribution >= 0.6 is 11.6 Å². The van der Waals surface area contributed by atoms with Gasteiger partial charge in [-0.05, 0) is 94.0 Å². The van der Waals surface area contributed by atoms with E-state index >= 15 is 0 Å². The number of piperidine rings is 1. The van der Waals surface area contributed by atoms with Gasteiger partial charge in [0.15, 0.2) is 9.84 Å². The minimum Gasteiger partial charge on any atom is -0.460 e. The van der Waals surface area contributed by atoms with Crippen molar-refractivity contribution in [3.8, 4) is 0 Å². The van der Waals surface area contributed by atoms with Crippen LogP contribution < -0.4 is 5.32 Å². The summed E-state index contributed by atoms with van der Waals surface area (Å²) < 4.78 is 72.5. The van der Waals surface area contributed by atoms with Crippen molar-refractivity contribution in [1.29, 1.82) is 0 Å². The molecule has 1 fully saturated rings. The highest BCUT2D eigenvalue weighted by Gasteiger charge is 2.35. The first-order valence-corrected chi connectivity index (χ1v) is 15.9. The number of alkyl halides is 3. The molecule has 1 N–H and O–H groups in total. The maximum absolute atomic E-state index is 14.1. The van der Waals surface area contributed by atoms with Gasteiger partial charge >= 0.3 is 12.1 Å². The second kappa shape index (κ2) is 13.8. The topological polar surface area (TPSA) is 92.8 Å². The van der Waals surface area contributed by atoms with E-state index in [1.165, 1.54) is 37.3 Å². The molecule has 1 aliphatic rings. The molecule has 0 radical (unpaired) electrons. The van der Waals surface area contributed by atoms with Crippen LogP contribution in [-0.2, 0) is 38.6 Å². The first-order valence-electron chi connectivity index (χ1n) is 13.9. The van der Waals surface area contributed by atoms with Crippen molar-refractivity contribution in [2.75, 3.05) is 18.8 Å². The third-order valence-electron chi connectivity index (χ3n) is 7.03. The van der Waals surface area contributed by atoms with Crippen LogP contribution in [0.15, 0.2) is 41.3 Å². The van der Waals surface area contributed by atoms with Crippen LogP contribution in [0.3, 0.4) is 0 Å². The van der Waals surface area contributed by atoms with Gasteiger partial charge in [0.2, 0.25) is 0 Å². The zero-order valence-corrected chi connectivity index (χ0v) is 25.9. The van der Waals surface area contributed by atoms with Gasteiger partial charge in [0.05, 0.1) is 16.2 Å². The molecule has 0 aliphatic carbocycles. The lowest BCUT2D eigenvalue weighted by molar-refractivity contribution is -0.155. The van der Waals surface area contributed by atoms with Gasteiger partial charge in [-0.1, -0.05) is 24.6 Å². The number of rotatable bonds is 10. The molecule has 3 rings (SSSR count). The number of hydrogen-bond donors (Lipinski definition) is 1. The third kappa shape index (κ3) is 9.70. The Morgan fingerprint density at radius 1 is 1.10 bits per heavy atom. The second-order valence-corrected chi connectivity index (χ2v) is 14.3. The first kappa shape index (κ1) is 33.9. The first-order chi connectivity index (χ1) is 19.5. The van der Waals surface area contributed by atoms with Crippen molar-refractivity contribution in [2.45, 2.75) is 83.1 Å². The summed E-state index contributed by atoms with van der Waals surface area (Å²) in [4.78, 5) is 26.9. The summed E-state index contributed by atoms with van der Waals surface area (Å²) in [5.41, 5.74) is -1.36. The van der Waals surface area contributed by atoms with E-state index in [0.717, 1.165) is 18.9 Å². The van der Waals surface area contributed by atoms with Crippen molar-refractivity contribution < 1.29 is 35.9 Å². The number of nitrogens with one attached hydrogen (secondary N) is 1. The Hall–Kier alpha value is -2.63. The molecule has 1 aliphatic heterocycles. The van der Waals surface area contributed by atoms with Gasteiger partial charge in [-0.15, -0.1) is 0 Å².